The topological polar surface area (TPSA) is 62.3 Å². The molecule has 1 aromatic heterocycles. The molecule has 1 N–H and O–H groups in total. The number of rotatable bonds is 5. The maximum atomic E-state index is 14.5. The molecule has 2 heterocycles. The van der Waals surface area contributed by atoms with Gasteiger partial charge in [0.25, 0.3) is 0 Å². The van der Waals surface area contributed by atoms with Gasteiger partial charge in [-0.1, -0.05) is 6.92 Å². The van der Waals surface area contributed by atoms with E-state index in [1.807, 2.05) is 0 Å². The van der Waals surface area contributed by atoms with Crippen molar-refractivity contribution in [1.82, 2.24) is 10.3 Å². The lowest BCUT2D eigenvalue weighted by molar-refractivity contribution is 0.574. The molecule has 2 rings (SSSR count). The van der Waals surface area contributed by atoms with Crippen LogP contribution in [0.3, 0.4) is 0 Å². The van der Waals surface area contributed by atoms with E-state index in [1.54, 1.807) is 17.2 Å². The second-order valence-corrected chi connectivity index (χ2v) is 7.58. The molecular formula is C14H22FN3O2S. The highest BCUT2D eigenvalue weighted by Crippen LogP contribution is 2.21. The van der Waals surface area contributed by atoms with Gasteiger partial charge in [-0.3, -0.25) is 0 Å². The lowest BCUT2D eigenvalue weighted by Crippen LogP contribution is -2.29. The summed E-state index contributed by atoms with van der Waals surface area (Å²) >= 11 is 0. The number of aromatic nitrogens is 1. The average Bonchev–Trinajstić information content (AvgIpc) is 2.62. The number of nitrogens with one attached hydrogen (secondary N) is 1. The molecule has 1 aliphatic rings. The minimum Gasteiger partial charge on any atom is -0.353 e. The SMILES string of the molecule is CCCNCc1ccnc(N2CCCS(=O)(=O)CC2)c1F. The fourth-order valence-corrected chi connectivity index (χ4v) is 3.65. The maximum absolute atomic E-state index is 14.5. The van der Waals surface area contributed by atoms with E-state index >= 15 is 0 Å². The molecule has 0 bridgehead atoms. The van der Waals surface area contributed by atoms with Gasteiger partial charge in [0.15, 0.2) is 21.5 Å². The zero-order valence-corrected chi connectivity index (χ0v) is 13.1. The van der Waals surface area contributed by atoms with Crippen molar-refractivity contribution in [3.8, 4) is 0 Å². The quantitative estimate of drug-likeness (QED) is 0.831. The van der Waals surface area contributed by atoms with Gasteiger partial charge in [-0.15, -0.1) is 0 Å². The fraction of sp³-hybridized carbons (Fsp3) is 0.643. The van der Waals surface area contributed by atoms with Gasteiger partial charge >= 0.3 is 0 Å². The molecule has 0 saturated carbocycles. The summed E-state index contributed by atoms with van der Waals surface area (Å²) in [6.07, 6.45) is 3.09. The molecule has 5 nitrogen and oxygen atoms in total. The van der Waals surface area contributed by atoms with E-state index in [2.05, 4.69) is 17.2 Å². The molecule has 0 aromatic carbocycles. The van der Waals surface area contributed by atoms with E-state index in [9.17, 15) is 12.8 Å². The lowest BCUT2D eigenvalue weighted by Gasteiger charge is -2.22. The summed E-state index contributed by atoms with van der Waals surface area (Å²) in [6.45, 7) is 4.17. The largest absolute Gasteiger partial charge is 0.353 e. The Hall–Kier alpha value is -1.21. The van der Waals surface area contributed by atoms with Gasteiger partial charge in [0.1, 0.15) is 0 Å². The Labute approximate surface area is 125 Å². The van der Waals surface area contributed by atoms with Gasteiger partial charge in [0.05, 0.1) is 11.5 Å². The molecule has 0 radical (unpaired) electrons. The molecule has 118 valence electrons. The Morgan fingerprint density at radius 3 is 2.95 bits per heavy atom. The third-order valence-corrected chi connectivity index (χ3v) is 5.26. The summed E-state index contributed by atoms with van der Waals surface area (Å²) in [6, 6.07) is 1.66. The Morgan fingerprint density at radius 1 is 1.38 bits per heavy atom. The first kappa shape index (κ1) is 16.2. The van der Waals surface area contributed by atoms with E-state index in [0.29, 0.717) is 31.6 Å². The molecular weight excluding hydrogens is 293 g/mol. The van der Waals surface area contributed by atoms with Crippen molar-refractivity contribution < 1.29 is 12.8 Å². The summed E-state index contributed by atoms with van der Waals surface area (Å²) in [5.74, 6) is 0.151. The third-order valence-electron chi connectivity index (χ3n) is 3.55. The van der Waals surface area contributed by atoms with Crippen molar-refractivity contribution in [1.29, 1.82) is 0 Å². The number of hydrogen-bond donors (Lipinski definition) is 1. The van der Waals surface area contributed by atoms with Gasteiger partial charge in [0, 0.05) is 31.4 Å². The van der Waals surface area contributed by atoms with Crippen LogP contribution < -0.4 is 10.2 Å². The Morgan fingerprint density at radius 2 is 2.19 bits per heavy atom. The average molecular weight is 315 g/mol. The molecule has 0 amide bonds. The van der Waals surface area contributed by atoms with Gasteiger partial charge in [-0.25, -0.2) is 17.8 Å². The summed E-state index contributed by atoms with van der Waals surface area (Å²) < 4.78 is 37.8. The number of halogens is 1. The molecule has 7 heteroatoms. The second-order valence-electron chi connectivity index (χ2n) is 5.28. The number of anilines is 1. The number of hydrogen-bond acceptors (Lipinski definition) is 5. The van der Waals surface area contributed by atoms with Crippen LogP contribution in [0.2, 0.25) is 0 Å². The fourth-order valence-electron chi connectivity index (χ4n) is 2.38. The standard InChI is InChI=1S/C14H22FN3O2S/c1-2-5-16-11-12-4-6-17-14(13(12)15)18-7-3-9-21(19,20)10-8-18/h4,6,16H,2-3,5,7-11H2,1H3. The minimum absolute atomic E-state index is 0.0619. The summed E-state index contributed by atoms with van der Waals surface area (Å²) in [7, 11) is -3.00. The predicted molar refractivity (Wildman–Crippen MR) is 81.7 cm³/mol. The highest BCUT2D eigenvalue weighted by Gasteiger charge is 2.22. The first-order chi connectivity index (χ1) is 10.0. The van der Waals surface area contributed by atoms with E-state index < -0.39 is 9.84 Å². The Bertz CT molecular complexity index is 578. The van der Waals surface area contributed by atoms with Crippen LogP contribution in [-0.2, 0) is 16.4 Å². The molecule has 1 aromatic rings. The van der Waals surface area contributed by atoms with Gasteiger partial charge in [0.2, 0.25) is 0 Å². The van der Waals surface area contributed by atoms with Crippen LogP contribution in [0.15, 0.2) is 12.3 Å². The van der Waals surface area contributed by atoms with E-state index in [-0.39, 0.29) is 23.1 Å². The normalized spacial score (nSPS) is 18.5. The third kappa shape index (κ3) is 4.38. The highest BCUT2D eigenvalue weighted by atomic mass is 32.2. The van der Waals surface area contributed by atoms with Crippen LogP contribution in [0.25, 0.3) is 0 Å². The molecule has 0 unspecified atom stereocenters. The monoisotopic (exact) mass is 315 g/mol. The van der Waals surface area contributed by atoms with Gasteiger partial charge in [-0.05, 0) is 25.5 Å². The zero-order valence-electron chi connectivity index (χ0n) is 12.3. The van der Waals surface area contributed by atoms with Crippen LogP contribution in [0.1, 0.15) is 25.3 Å². The molecule has 21 heavy (non-hydrogen) atoms. The van der Waals surface area contributed by atoms with E-state index in [1.165, 1.54) is 0 Å². The van der Waals surface area contributed by atoms with Crippen LogP contribution in [0.5, 0.6) is 0 Å². The van der Waals surface area contributed by atoms with Crippen molar-refractivity contribution in [3.05, 3.63) is 23.6 Å². The van der Waals surface area contributed by atoms with Crippen LogP contribution in [0, 0.1) is 5.82 Å². The molecule has 0 spiro atoms. The van der Waals surface area contributed by atoms with Crippen molar-refractivity contribution >= 4 is 15.7 Å². The smallest absolute Gasteiger partial charge is 0.170 e. The number of nitrogens with zero attached hydrogens (tertiary/aromatic N) is 2. The van der Waals surface area contributed by atoms with Crippen LogP contribution in [-0.4, -0.2) is 44.5 Å². The van der Waals surface area contributed by atoms with E-state index in [0.717, 1.165) is 13.0 Å². The molecule has 1 saturated heterocycles. The Kier molecular flexibility index (Phi) is 5.52. The molecule has 0 aliphatic carbocycles. The van der Waals surface area contributed by atoms with Crippen LogP contribution in [0.4, 0.5) is 10.2 Å². The molecule has 1 aliphatic heterocycles. The first-order valence-corrected chi connectivity index (χ1v) is 9.15. The summed E-state index contributed by atoms with van der Waals surface area (Å²) in [5.41, 5.74) is 0.570. The first-order valence-electron chi connectivity index (χ1n) is 7.33. The minimum atomic E-state index is -3.00. The number of pyridine rings is 1. The lowest BCUT2D eigenvalue weighted by atomic mass is 10.2. The van der Waals surface area contributed by atoms with E-state index in [4.69, 9.17) is 0 Å². The second kappa shape index (κ2) is 7.17. The maximum Gasteiger partial charge on any atom is 0.170 e. The van der Waals surface area contributed by atoms with Crippen molar-refractivity contribution in [2.45, 2.75) is 26.3 Å². The van der Waals surface area contributed by atoms with Crippen molar-refractivity contribution in [3.63, 3.8) is 0 Å². The zero-order chi connectivity index (χ0) is 15.3. The summed E-state index contributed by atoms with van der Waals surface area (Å²) in [5, 5.41) is 3.17. The highest BCUT2D eigenvalue weighted by molar-refractivity contribution is 7.91. The molecule has 0 atom stereocenters. The van der Waals surface area contributed by atoms with Gasteiger partial charge in [-0.2, -0.15) is 0 Å². The van der Waals surface area contributed by atoms with Crippen molar-refractivity contribution in [2.75, 3.05) is 36.0 Å². The Balaban J connectivity index is 2.14. The van der Waals surface area contributed by atoms with Crippen LogP contribution >= 0.6 is 0 Å². The van der Waals surface area contributed by atoms with Crippen molar-refractivity contribution in [2.24, 2.45) is 0 Å². The van der Waals surface area contributed by atoms with Gasteiger partial charge < -0.3 is 10.2 Å². The number of sulfone groups is 1. The molecule has 1 fully saturated rings. The predicted octanol–water partition coefficient (Wildman–Crippen LogP) is 1.35. The summed E-state index contributed by atoms with van der Waals surface area (Å²) in [4.78, 5) is 5.85.